The minimum atomic E-state index is -1.58. The number of aromatic nitrogens is 3. The molecule has 0 spiro atoms. The Morgan fingerprint density at radius 3 is 2.55 bits per heavy atom. The second-order valence-corrected chi connectivity index (χ2v) is 18.3. The number of hydrogen-bond donors (Lipinski definition) is 3. The van der Waals surface area contributed by atoms with Crippen LogP contribution in [0.3, 0.4) is 0 Å². The minimum absolute atomic E-state index is 0.0383. The van der Waals surface area contributed by atoms with E-state index in [4.69, 9.17) is 19.9 Å². The zero-order valence-corrected chi connectivity index (χ0v) is 37.7. The summed E-state index contributed by atoms with van der Waals surface area (Å²) < 4.78 is 34.5. The van der Waals surface area contributed by atoms with Crippen molar-refractivity contribution >= 4 is 56.3 Å². The van der Waals surface area contributed by atoms with E-state index in [-0.39, 0.29) is 47.6 Å². The number of nitrogens with two attached hydrogens (primary N) is 1. The molecule has 6 heterocycles. The van der Waals surface area contributed by atoms with Gasteiger partial charge < -0.3 is 34.7 Å². The molecule has 3 aliphatic heterocycles. The lowest BCUT2D eigenvalue weighted by Crippen LogP contribution is -2.41. The van der Waals surface area contributed by atoms with Gasteiger partial charge in [-0.25, -0.2) is 14.4 Å². The molecule has 1 unspecified atom stereocenters. The molecular formula is C51H58FN7O7. The van der Waals surface area contributed by atoms with E-state index in [1.54, 1.807) is 24.5 Å². The monoisotopic (exact) mass is 899 g/mol. The van der Waals surface area contributed by atoms with E-state index in [1.807, 2.05) is 29.7 Å². The summed E-state index contributed by atoms with van der Waals surface area (Å²) in [5.74, 6) is 5.99. The predicted molar refractivity (Wildman–Crippen MR) is 248 cm³/mol. The molecule has 4 aliphatic rings. The van der Waals surface area contributed by atoms with Gasteiger partial charge in [0.05, 0.1) is 35.9 Å². The standard InChI is InChI=1S/C51H58FN7O7/c1-3-35-40(56-50(63)46(35)52)29-66-51-38-26-43(64-2)39(47(53)61)25-37(38)33(27-55-51)16-15-30-11-13-31(14-12-30)28-58-22-19-34(20-23-58)65-24-6-8-32-7-4-10-41-45(32)36-9-5-21-54-48(36)59(41)42-17-18-44(60)57-49(42)62/h4-5,7,9-10,21,25-27,30-31,34-35,40,42,46H,3,6,8,11-14,17-20,22-24,28-29H2,1-2H3,(H2,53,61)(H,56,63)(H,57,60,62)/t30-,31-,35-,40+,42?,46-/m0/s1. The molecule has 2 aromatic carbocycles. The second-order valence-electron chi connectivity index (χ2n) is 18.3. The number of piperidine rings is 2. The number of ether oxygens (including phenoxy) is 3. The number of methoxy groups -OCH3 is 1. The molecule has 1 saturated carbocycles. The number of nitrogens with zero attached hydrogens (tertiary/aromatic N) is 4. The number of hydrogen-bond acceptors (Lipinski definition) is 10. The Bertz CT molecular complexity index is 2710. The lowest BCUT2D eigenvalue weighted by molar-refractivity contribution is -0.135. The molecule has 14 nitrogen and oxygen atoms in total. The summed E-state index contributed by atoms with van der Waals surface area (Å²) in [4.78, 5) is 61.1. The molecule has 4 atom stereocenters. The van der Waals surface area contributed by atoms with Crippen LogP contribution in [-0.4, -0.2) is 101 Å². The maximum absolute atomic E-state index is 14.5. The molecule has 0 radical (unpaired) electrons. The van der Waals surface area contributed by atoms with Crippen molar-refractivity contribution < 1.29 is 37.8 Å². The molecule has 66 heavy (non-hydrogen) atoms. The lowest BCUT2D eigenvalue weighted by Gasteiger charge is -2.36. The van der Waals surface area contributed by atoms with Crippen molar-refractivity contribution in [3.05, 3.63) is 71.5 Å². The van der Waals surface area contributed by atoms with E-state index in [9.17, 15) is 23.6 Å². The van der Waals surface area contributed by atoms with Crippen LogP contribution in [0.2, 0.25) is 0 Å². The number of amides is 4. The van der Waals surface area contributed by atoms with Gasteiger partial charge in [-0.1, -0.05) is 30.9 Å². The zero-order chi connectivity index (χ0) is 45.9. The van der Waals surface area contributed by atoms with Crippen molar-refractivity contribution in [1.29, 1.82) is 0 Å². The average Bonchev–Trinajstić information content (AvgIpc) is 3.81. The van der Waals surface area contributed by atoms with E-state index in [0.29, 0.717) is 48.1 Å². The number of rotatable bonds is 14. The Labute approximate surface area is 383 Å². The Morgan fingerprint density at radius 1 is 0.970 bits per heavy atom. The molecule has 5 aromatic rings. The van der Waals surface area contributed by atoms with Gasteiger partial charge in [-0.2, -0.15) is 0 Å². The summed E-state index contributed by atoms with van der Waals surface area (Å²) in [6, 6.07) is 12.6. The van der Waals surface area contributed by atoms with E-state index in [1.165, 1.54) is 12.7 Å². The Morgan fingerprint density at radius 2 is 1.79 bits per heavy atom. The van der Waals surface area contributed by atoms with Gasteiger partial charge in [0.1, 0.15) is 24.0 Å². The molecule has 1 aliphatic carbocycles. The smallest absolute Gasteiger partial charge is 0.255 e. The number of alkyl halides is 1. The molecule has 4 fully saturated rings. The van der Waals surface area contributed by atoms with Gasteiger partial charge in [0.2, 0.25) is 17.7 Å². The number of carbonyl (C=O) groups excluding carboxylic acids is 4. The fourth-order valence-corrected chi connectivity index (χ4v) is 10.7. The van der Waals surface area contributed by atoms with E-state index >= 15 is 0 Å². The summed E-state index contributed by atoms with van der Waals surface area (Å²) in [7, 11) is 1.46. The fourth-order valence-electron chi connectivity index (χ4n) is 10.7. The summed E-state index contributed by atoms with van der Waals surface area (Å²) in [5.41, 5.74) is 9.53. The van der Waals surface area contributed by atoms with E-state index < -0.39 is 36.0 Å². The van der Waals surface area contributed by atoms with E-state index in [2.05, 4.69) is 49.5 Å². The normalized spacial score (nSPS) is 24.0. The van der Waals surface area contributed by atoms with Gasteiger partial charge in [0.25, 0.3) is 11.8 Å². The highest BCUT2D eigenvalue weighted by Crippen LogP contribution is 2.37. The minimum Gasteiger partial charge on any atom is -0.496 e. The lowest BCUT2D eigenvalue weighted by atomic mass is 9.81. The highest BCUT2D eigenvalue weighted by Gasteiger charge is 2.42. The van der Waals surface area contributed by atoms with Crippen molar-refractivity contribution in [2.75, 3.05) is 40.0 Å². The first-order valence-corrected chi connectivity index (χ1v) is 23.5. The van der Waals surface area contributed by atoms with Crippen LogP contribution in [0.15, 0.2) is 54.9 Å². The molecule has 15 heteroatoms. The summed E-state index contributed by atoms with van der Waals surface area (Å²) >= 11 is 0. The first-order valence-electron chi connectivity index (χ1n) is 23.5. The molecule has 9 rings (SSSR count). The number of carbonyl (C=O) groups is 4. The van der Waals surface area contributed by atoms with Crippen molar-refractivity contribution in [3.8, 4) is 23.5 Å². The number of aryl methyl sites for hydroxylation is 1. The van der Waals surface area contributed by atoms with Gasteiger partial charge in [0, 0.05) is 78.4 Å². The maximum atomic E-state index is 14.5. The number of imide groups is 1. The van der Waals surface area contributed by atoms with Crippen molar-refractivity contribution in [1.82, 2.24) is 30.1 Å². The van der Waals surface area contributed by atoms with E-state index in [0.717, 1.165) is 92.9 Å². The van der Waals surface area contributed by atoms with Crippen LogP contribution < -0.4 is 25.8 Å². The quantitative estimate of drug-likeness (QED) is 0.0648. The number of primary amides is 1. The van der Waals surface area contributed by atoms with Crippen LogP contribution in [0.1, 0.15) is 98.7 Å². The highest BCUT2D eigenvalue weighted by atomic mass is 19.1. The molecule has 4 N–H and O–H groups in total. The fraction of sp³-hybridized carbons (Fsp3) is 0.490. The molecule has 346 valence electrons. The first kappa shape index (κ1) is 45.1. The van der Waals surface area contributed by atoms with Crippen molar-refractivity contribution in [2.45, 2.75) is 102 Å². The number of fused-ring (bicyclic) bond motifs is 4. The number of benzene rings is 2. The Hall–Kier alpha value is -6.11. The average molecular weight is 900 g/mol. The van der Waals surface area contributed by atoms with Gasteiger partial charge in [-0.05, 0) is 106 Å². The van der Waals surface area contributed by atoms with Crippen LogP contribution in [0.5, 0.6) is 11.6 Å². The van der Waals surface area contributed by atoms with Crippen LogP contribution in [0, 0.1) is 29.6 Å². The molecule has 4 amide bonds. The number of pyridine rings is 2. The molecule has 0 bridgehead atoms. The van der Waals surface area contributed by atoms with Gasteiger partial charge in [-0.3, -0.25) is 24.5 Å². The topological polar surface area (TPSA) is 180 Å². The Kier molecular flexibility index (Phi) is 13.5. The van der Waals surface area contributed by atoms with Crippen LogP contribution in [0.4, 0.5) is 4.39 Å². The second kappa shape index (κ2) is 19.8. The molecule has 3 aromatic heterocycles. The number of likely N-dealkylation sites (tertiary alicyclic amines) is 1. The van der Waals surface area contributed by atoms with Crippen LogP contribution in [0.25, 0.3) is 32.7 Å². The van der Waals surface area contributed by atoms with Crippen LogP contribution in [-0.2, 0) is 25.5 Å². The number of halogens is 1. The SMILES string of the molecule is CC[C@@H]1[C@H](F)C(=O)N[C@@H]1COc1ncc(C#C[C@H]2CC[C@H](CN3CCC(OCCCc4cccc5c4c4cccnc4n5C4CCC(=O)NC4=O)CC3)CC2)c2cc(C(N)=O)c(OC)cc12. The summed E-state index contributed by atoms with van der Waals surface area (Å²) in [5, 5.41) is 8.57. The van der Waals surface area contributed by atoms with Crippen molar-refractivity contribution in [2.24, 2.45) is 23.5 Å². The van der Waals surface area contributed by atoms with Crippen LogP contribution >= 0.6 is 0 Å². The third kappa shape index (κ3) is 9.31. The molecule has 3 saturated heterocycles. The third-order valence-electron chi connectivity index (χ3n) is 14.2. The first-order chi connectivity index (χ1) is 32.1. The predicted octanol–water partition coefficient (Wildman–Crippen LogP) is 6.34. The number of nitrogens with one attached hydrogen (secondary N) is 2. The maximum Gasteiger partial charge on any atom is 0.255 e. The van der Waals surface area contributed by atoms with Gasteiger partial charge in [-0.15, -0.1) is 0 Å². The van der Waals surface area contributed by atoms with Crippen molar-refractivity contribution in [3.63, 3.8) is 0 Å². The van der Waals surface area contributed by atoms with Gasteiger partial charge >= 0.3 is 0 Å². The molecular weight excluding hydrogens is 842 g/mol. The zero-order valence-electron chi connectivity index (χ0n) is 37.7. The Balaban J connectivity index is 0.757. The highest BCUT2D eigenvalue weighted by molar-refractivity contribution is 6.10. The summed E-state index contributed by atoms with van der Waals surface area (Å²) in [6.45, 7) is 5.70. The third-order valence-corrected chi connectivity index (χ3v) is 14.2. The van der Waals surface area contributed by atoms with Gasteiger partial charge in [0.15, 0.2) is 6.17 Å². The summed E-state index contributed by atoms with van der Waals surface area (Å²) in [6.07, 6.45) is 11.3. The largest absolute Gasteiger partial charge is 0.496 e.